The van der Waals surface area contributed by atoms with Gasteiger partial charge in [-0.1, -0.05) is 90.9 Å². The van der Waals surface area contributed by atoms with Crippen LogP contribution in [0.1, 0.15) is 97.3 Å². The number of unbranched alkanes of at least 4 members (excludes halogenated alkanes) is 11. The van der Waals surface area contributed by atoms with Crippen molar-refractivity contribution >= 4 is 0 Å². The molecule has 0 aliphatic carbocycles. The minimum atomic E-state index is 0.855. The highest BCUT2D eigenvalue weighted by molar-refractivity contribution is 4.55. The topological polar surface area (TPSA) is 12.0 Å². The van der Waals surface area contributed by atoms with Crippen molar-refractivity contribution in [3.05, 3.63) is 0 Å². The Morgan fingerprint density at radius 1 is 0.684 bits per heavy atom. The van der Waals surface area contributed by atoms with E-state index >= 15 is 0 Å². The van der Waals surface area contributed by atoms with Crippen LogP contribution >= 0.6 is 0 Å². The van der Waals surface area contributed by atoms with Crippen molar-refractivity contribution in [2.24, 2.45) is 5.92 Å². The van der Waals surface area contributed by atoms with Gasteiger partial charge >= 0.3 is 0 Å². The lowest BCUT2D eigenvalue weighted by Crippen LogP contribution is -2.15. The summed E-state index contributed by atoms with van der Waals surface area (Å²) in [6, 6.07) is 0. The Labute approximate surface area is 122 Å². The Hall–Kier alpha value is -0.0400. The molecule has 0 rings (SSSR count). The molecule has 0 saturated carbocycles. The average molecular weight is 270 g/mol. The lowest BCUT2D eigenvalue weighted by molar-refractivity contribution is 0.463. The maximum absolute atomic E-state index is 3.26. The number of nitrogens with one attached hydrogen (secondary N) is 1. The first-order valence-electron chi connectivity index (χ1n) is 8.95. The van der Waals surface area contributed by atoms with Crippen molar-refractivity contribution in [1.29, 1.82) is 0 Å². The van der Waals surface area contributed by atoms with Crippen LogP contribution in [-0.2, 0) is 0 Å². The Bertz CT molecular complexity index is 156. The second-order valence-corrected chi connectivity index (χ2v) is 6.34. The van der Waals surface area contributed by atoms with E-state index in [9.17, 15) is 0 Å². The molecule has 0 aromatic rings. The standard InChI is InChI=1S/C18H39N/c1-4-5-6-7-8-9-10-11-12-13-14-15-16-18(2)17-19-3/h18-19H,4-17H2,1-3H3. The minimum absolute atomic E-state index is 0.855. The van der Waals surface area contributed by atoms with E-state index in [0.717, 1.165) is 5.92 Å². The smallest absolute Gasteiger partial charge is 0.00262 e. The molecule has 0 aliphatic heterocycles. The zero-order valence-corrected chi connectivity index (χ0v) is 14.0. The van der Waals surface area contributed by atoms with Gasteiger partial charge < -0.3 is 5.32 Å². The molecule has 0 fully saturated rings. The average Bonchev–Trinajstić information content (AvgIpc) is 2.40. The van der Waals surface area contributed by atoms with Crippen molar-refractivity contribution in [1.82, 2.24) is 5.32 Å². The third-order valence-electron chi connectivity index (χ3n) is 4.10. The van der Waals surface area contributed by atoms with Crippen LogP contribution in [0.4, 0.5) is 0 Å². The van der Waals surface area contributed by atoms with Crippen LogP contribution in [0.3, 0.4) is 0 Å². The second kappa shape index (κ2) is 16.0. The highest BCUT2D eigenvalue weighted by Gasteiger charge is 1.99. The van der Waals surface area contributed by atoms with Gasteiger partial charge in [-0.2, -0.15) is 0 Å². The molecule has 1 nitrogen and oxygen atoms in total. The molecule has 0 amide bonds. The molecule has 1 atom stereocenters. The van der Waals surface area contributed by atoms with Crippen LogP contribution in [0.25, 0.3) is 0 Å². The summed E-state index contributed by atoms with van der Waals surface area (Å²) in [6.45, 7) is 5.83. The fourth-order valence-corrected chi connectivity index (χ4v) is 2.78. The summed E-state index contributed by atoms with van der Waals surface area (Å²) in [6.07, 6.45) is 18.8. The molecule has 1 N–H and O–H groups in total. The largest absolute Gasteiger partial charge is 0.319 e. The number of hydrogen-bond donors (Lipinski definition) is 1. The monoisotopic (exact) mass is 269 g/mol. The lowest BCUT2D eigenvalue weighted by atomic mass is 10.0. The normalized spacial score (nSPS) is 12.8. The molecule has 19 heavy (non-hydrogen) atoms. The van der Waals surface area contributed by atoms with Gasteiger partial charge in [0.1, 0.15) is 0 Å². The molecule has 116 valence electrons. The maximum atomic E-state index is 3.26. The highest BCUT2D eigenvalue weighted by atomic mass is 14.8. The van der Waals surface area contributed by atoms with E-state index in [-0.39, 0.29) is 0 Å². The van der Waals surface area contributed by atoms with E-state index in [2.05, 4.69) is 26.2 Å². The molecule has 0 bridgehead atoms. The Balaban J connectivity index is 2.99. The summed E-state index contributed by atoms with van der Waals surface area (Å²) in [7, 11) is 2.05. The molecule has 0 saturated heterocycles. The van der Waals surface area contributed by atoms with Crippen molar-refractivity contribution in [2.45, 2.75) is 97.3 Å². The van der Waals surface area contributed by atoms with E-state index in [4.69, 9.17) is 0 Å². The molecule has 0 aromatic carbocycles. The fourth-order valence-electron chi connectivity index (χ4n) is 2.78. The van der Waals surface area contributed by atoms with Crippen LogP contribution in [0.2, 0.25) is 0 Å². The molecule has 0 aromatic heterocycles. The van der Waals surface area contributed by atoms with Crippen molar-refractivity contribution in [2.75, 3.05) is 13.6 Å². The van der Waals surface area contributed by atoms with Gasteiger partial charge in [0.15, 0.2) is 0 Å². The van der Waals surface area contributed by atoms with Crippen LogP contribution in [0.5, 0.6) is 0 Å². The summed E-state index contributed by atoms with van der Waals surface area (Å²) >= 11 is 0. The van der Waals surface area contributed by atoms with Crippen LogP contribution in [0, 0.1) is 5.92 Å². The van der Waals surface area contributed by atoms with Gasteiger partial charge in [0.05, 0.1) is 0 Å². The molecule has 1 unspecified atom stereocenters. The van der Waals surface area contributed by atoms with Gasteiger partial charge in [-0.25, -0.2) is 0 Å². The Morgan fingerprint density at radius 2 is 1.11 bits per heavy atom. The molecule has 1 heteroatoms. The van der Waals surface area contributed by atoms with Gasteiger partial charge in [-0.3, -0.25) is 0 Å². The predicted molar refractivity (Wildman–Crippen MR) is 88.8 cm³/mol. The van der Waals surface area contributed by atoms with Crippen LogP contribution < -0.4 is 5.32 Å². The van der Waals surface area contributed by atoms with E-state index in [0.29, 0.717) is 0 Å². The first-order chi connectivity index (χ1) is 9.31. The van der Waals surface area contributed by atoms with Crippen LogP contribution in [-0.4, -0.2) is 13.6 Å². The van der Waals surface area contributed by atoms with Gasteiger partial charge in [-0.15, -0.1) is 0 Å². The molecule has 0 heterocycles. The van der Waals surface area contributed by atoms with Gasteiger partial charge in [0, 0.05) is 0 Å². The molecular formula is C18H39N. The zero-order chi connectivity index (χ0) is 14.2. The SMILES string of the molecule is CCCCCCCCCCCCCCC(C)CNC. The molecular weight excluding hydrogens is 230 g/mol. The fraction of sp³-hybridized carbons (Fsp3) is 1.00. The van der Waals surface area contributed by atoms with Gasteiger partial charge in [-0.05, 0) is 25.9 Å². The zero-order valence-electron chi connectivity index (χ0n) is 14.0. The third-order valence-corrected chi connectivity index (χ3v) is 4.10. The van der Waals surface area contributed by atoms with E-state index in [1.54, 1.807) is 0 Å². The predicted octanol–water partition coefficient (Wildman–Crippen LogP) is 5.93. The van der Waals surface area contributed by atoms with Gasteiger partial charge in [0.2, 0.25) is 0 Å². The first kappa shape index (κ1) is 19.0. The van der Waals surface area contributed by atoms with E-state index in [1.165, 1.54) is 90.0 Å². The quantitative estimate of drug-likeness (QED) is 0.363. The molecule has 0 aliphatic rings. The van der Waals surface area contributed by atoms with E-state index in [1.807, 2.05) is 0 Å². The summed E-state index contributed by atoms with van der Waals surface area (Å²) in [5.41, 5.74) is 0. The summed E-state index contributed by atoms with van der Waals surface area (Å²) in [5, 5.41) is 3.26. The Kier molecular flexibility index (Phi) is 16.0. The molecule has 0 radical (unpaired) electrons. The van der Waals surface area contributed by atoms with Crippen molar-refractivity contribution in [3.63, 3.8) is 0 Å². The van der Waals surface area contributed by atoms with Crippen molar-refractivity contribution in [3.8, 4) is 0 Å². The number of hydrogen-bond acceptors (Lipinski definition) is 1. The van der Waals surface area contributed by atoms with E-state index < -0.39 is 0 Å². The first-order valence-corrected chi connectivity index (χ1v) is 8.95. The van der Waals surface area contributed by atoms with Crippen LogP contribution in [0.15, 0.2) is 0 Å². The lowest BCUT2D eigenvalue weighted by Gasteiger charge is -2.09. The Morgan fingerprint density at radius 3 is 1.53 bits per heavy atom. The second-order valence-electron chi connectivity index (χ2n) is 6.34. The molecule has 0 spiro atoms. The highest BCUT2D eigenvalue weighted by Crippen LogP contribution is 2.14. The van der Waals surface area contributed by atoms with Gasteiger partial charge in [0.25, 0.3) is 0 Å². The summed E-state index contributed by atoms with van der Waals surface area (Å²) in [4.78, 5) is 0. The summed E-state index contributed by atoms with van der Waals surface area (Å²) < 4.78 is 0. The minimum Gasteiger partial charge on any atom is -0.319 e. The van der Waals surface area contributed by atoms with Crippen molar-refractivity contribution < 1.29 is 0 Å². The maximum Gasteiger partial charge on any atom is -0.00262 e. The summed E-state index contributed by atoms with van der Waals surface area (Å²) in [5.74, 6) is 0.855. The number of rotatable bonds is 15. The third kappa shape index (κ3) is 15.9.